The van der Waals surface area contributed by atoms with Gasteiger partial charge in [-0.1, -0.05) is 60.7 Å². The Morgan fingerprint density at radius 2 is 1.91 bits per heavy atom. The number of ether oxygens (including phenoxy) is 3. The Labute approximate surface area is 201 Å². The van der Waals surface area contributed by atoms with Gasteiger partial charge in [-0.05, 0) is 31.1 Å². The molecule has 2 heterocycles. The van der Waals surface area contributed by atoms with Gasteiger partial charge in [-0.2, -0.15) is 0 Å². The average Bonchev–Trinajstić information content (AvgIpc) is 3.16. The summed E-state index contributed by atoms with van der Waals surface area (Å²) in [6.07, 6.45) is 2.62. The Kier molecular flexibility index (Phi) is 6.98. The molecule has 4 rings (SSSR count). The van der Waals surface area contributed by atoms with Gasteiger partial charge in [0.2, 0.25) is 0 Å². The van der Waals surface area contributed by atoms with Gasteiger partial charge in [0, 0.05) is 5.56 Å². The fraction of sp³-hybridized carbons (Fsp3) is 0.269. The van der Waals surface area contributed by atoms with E-state index in [1.54, 1.807) is 24.7 Å². The second-order valence-electron chi connectivity index (χ2n) is 7.71. The Bertz CT molecular complexity index is 1420. The Hall–Kier alpha value is -3.65. The van der Waals surface area contributed by atoms with Crippen LogP contribution in [0.4, 0.5) is 0 Å². The SMILES string of the molecule is CCCOc1c(OC)cccc1C1C(C(=O)OC)=C(C)N=c2s/c(=C/c3ccccc3)c(=O)n21. The number of benzene rings is 2. The van der Waals surface area contributed by atoms with Crippen molar-refractivity contribution in [3.63, 3.8) is 0 Å². The summed E-state index contributed by atoms with van der Waals surface area (Å²) in [6, 6.07) is 14.3. The lowest BCUT2D eigenvalue weighted by molar-refractivity contribution is -0.136. The molecule has 1 atom stereocenters. The number of aromatic nitrogens is 1. The quantitative estimate of drug-likeness (QED) is 0.488. The standard InChI is InChI=1S/C26H26N2O5S/c1-5-14-33-23-18(12-9-13-19(23)31-3)22-21(25(30)32-4)16(2)27-26-28(22)24(29)20(34-26)15-17-10-7-6-8-11-17/h6-13,15,22H,5,14H2,1-4H3/b20-15+. The zero-order chi connectivity index (χ0) is 24.2. The minimum Gasteiger partial charge on any atom is -0.493 e. The summed E-state index contributed by atoms with van der Waals surface area (Å²) in [6.45, 7) is 4.21. The molecule has 1 aliphatic heterocycles. The van der Waals surface area contributed by atoms with Crippen LogP contribution >= 0.6 is 11.3 Å². The normalized spacial score (nSPS) is 15.5. The number of hydrogen-bond donors (Lipinski definition) is 0. The Balaban J connectivity index is 2.02. The molecule has 176 valence electrons. The zero-order valence-corrected chi connectivity index (χ0v) is 20.3. The molecule has 0 radical (unpaired) electrons. The maximum atomic E-state index is 13.7. The van der Waals surface area contributed by atoms with E-state index in [4.69, 9.17) is 14.2 Å². The second-order valence-corrected chi connectivity index (χ2v) is 8.72. The van der Waals surface area contributed by atoms with Gasteiger partial charge in [0.05, 0.1) is 36.6 Å². The first-order valence-corrected chi connectivity index (χ1v) is 11.8. The van der Waals surface area contributed by atoms with Crippen molar-refractivity contribution in [2.45, 2.75) is 26.3 Å². The number of fused-ring (bicyclic) bond motifs is 1. The third kappa shape index (κ3) is 4.28. The van der Waals surface area contributed by atoms with Crippen molar-refractivity contribution in [2.75, 3.05) is 20.8 Å². The molecule has 3 aromatic rings. The van der Waals surface area contributed by atoms with Crippen molar-refractivity contribution in [1.82, 2.24) is 4.57 Å². The molecule has 0 aliphatic carbocycles. The maximum Gasteiger partial charge on any atom is 0.338 e. The molecule has 0 saturated carbocycles. The van der Waals surface area contributed by atoms with Crippen molar-refractivity contribution in [3.8, 4) is 11.5 Å². The predicted molar refractivity (Wildman–Crippen MR) is 131 cm³/mol. The fourth-order valence-electron chi connectivity index (χ4n) is 3.95. The minimum atomic E-state index is -0.774. The van der Waals surface area contributed by atoms with E-state index in [-0.39, 0.29) is 11.1 Å². The summed E-state index contributed by atoms with van der Waals surface area (Å²) in [5, 5.41) is 0. The van der Waals surface area contributed by atoms with Crippen LogP contribution < -0.4 is 24.4 Å². The number of methoxy groups -OCH3 is 2. The number of esters is 1. The van der Waals surface area contributed by atoms with E-state index in [0.717, 1.165) is 12.0 Å². The molecule has 0 spiro atoms. The van der Waals surface area contributed by atoms with E-state index in [2.05, 4.69) is 4.99 Å². The van der Waals surface area contributed by atoms with Crippen LogP contribution in [0.25, 0.3) is 6.08 Å². The van der Waals surface area contributed by atoms with Crippen LogP contribution in [0.3, 0.4) is 0 Å². The maximum absolute atomic E-state index is 13.7. The van der Waals surface area contributed by atoms with Crippen molar-refractivity contribution < 1.29 is 19.0 Å². The van der Waals surface area contributed by atoms with Crippen molar-refractivity contribution >= 4 is 23.4 Å². The van der Waals surface area contributed by atoms with E-state index in [0.29, 0.717) is 38.7 Å². The van der Waals surface area contributed by atoms with Crippen LogP contribution in [0.15, 0.2) is 69.6 Å². The first-order chi connectivity index (χ1) is 16.5. The largest absolute Gasteiger partial charge is 0.493 e. The summed E-state index contributed by atoms with van der Waals surface area (Å²) >= 11 is 1.28. The molecular formula is C26H26N2O5S. The van der Waals surface area contributed by atoms with Gasteiger partial charge < -0.3 is 14.2 Å². The van der Waals surface area contributed by atoms with Crippen LogP contribution in [0.1, 0.15) is 37.4 Å². The smallest absolute Gasteiger partial charge is 0.338 e. The Morgan fingerprint density at radius 3 is 2.59 bits per heavy atom. The minimum absolute atomic E-state index is 0.240. The fourth-order valence-corrected chi connectivity index (χ4v) is 5.00. The molecule has 1 aliphatic rings. The monoisotopic (exact) mass is 478 g/mol. The van der Waals surface area contributed by atoms with Gasteiger partial charge >= 0.3 is 5.97 Å². The van der Waals surface area contributed by atoms with Gasteiger partial charge in [-0.15, -0.1) is 0 Å². The molecule has 2 aromatic carbocycles. The van der Waals surface area contributed by atoms with E-state index >= 15 is 0 Å². The summed E-state index contributed by atoms with van der Waals surface area (Å²) in [7, 11) is 2.88. The zero-order valence-electron chi connectivity index (χ0n) is 19.5. The van der Waals surface area contributed by atoms with Crippen LogP contribution in [0, 0.1) is 0 Å². The van der Waals surface area contributed by atoms with E-state index < -0.39 is 12.0 Å². The molecule has 0 saturated heterocycles. The lowest BCUT2D eigenvalue weighted by Crippen LogP contribution is -2.40. The van der Waals surface area contributed by atoms with Gasteiger partial charge in [-0.3, -0.25) is 9.36 Å². The van der Waals surface area contributed by atoms with Gasteiger partial charge in [0.15, 0.2) is 16.3 Å². The van der Waals surface area contributed by atoms with Crippen LogP contribution in [-0.4, -0.2) is 31.4 Å². The molecule has 34 heavy (non-hydrogen) atoms. The highest BCUT2D eigenvalue weighted by molar-refractivity contribution is 7.07. The third-order valence-electron chi connectivity index (χ3n) is 5.50. The molecule has 0 bridgehead atoms. The number of carbonyl (C=O) groups is 1. The number of thiazole rings is 1. The van der Waals surface area contributed by atoms with Crippen molar-refractivity contribution in [3.05, 3.63) is 90.6 Å². The van der Waals surface area contributed by atoms with Crippen LogP contribution in [0.2, 0.25) is 0 Å². The highest BCUT2D eigenvalue weighted by Gasteiger charge is 2.35. The molecule has 0 N–H and O–H groups in total. The first kappa shape index (κ1) is 23.5. The molecule has 1 aromatic heterocycles. The number of allylic oxidation sites excluding steroid dienone is 1. The third-order valence-corrected chi connectivity index (χ3v) is 6.48. The van der Waals surface area contributed by atoms with Gasteiger partial charge in [-0.25, -0.2) is 9.79 Å². The van der Waals surface area contributed by atoms with Crippen LogP contribution in [0.5, 0.6) is 11.5 Å². The van der Waals surface area contributed by atoms with Crippen LogP contribution in [-0.2, 0) is 9.53 Å². The first-order valence-electron chi connectivity index (χ1n) is 11.0. The summed E-state index contributed by atoms with van der Waals surface area (Å²) in [4.78, 5) is 31.7. The number of nitrogens with zero attached hydrogens (tertiary/aromatic N) is 2. The molecule has 0 fully saturated rings. The van der Waals surface area contributed by atoms with E-state index in [1.165, 1.54) is 18.4 Å². The number of hydrogen-bond acceptors (Lipinski definition) is 7. The molecule has 8 heteroatoms. The number of para-hydroxylation sites is 1. The second kappa shape index (κ2) is 10.1. The Morgan fingerprint density at radius 1 is 1.15 bits per heavy atom. The van der Waals surface area contributed by atoms with Crippen molar-refractivity contribution in [2.24, 2.45) is 4.99 Å². The highest BCUT2D eigenvalue weighted by atomic mass is 32.1. The molecule has 0 amide bonds. The lowest BCUT2D eigenvalue weighted by Gasteiger charge is -2.26. The molecule has 7 nitrogen and oxygen atoms in total. The summed E-state index contributed by atoms with van der Waals surface area (Å²) in [5.74, 6) is 0.467. The van der Waals surface area contributed by atoms with E-state index in [1.807, 2.05) is 55.5 Å². The number of carbonyl (C=O) groups excluding carboxylic acids is 1. The molecular weight excluding hydrogens is 452 g/mol. The van der Waals surface area contributed by atoms with Crippen molar-refractivity contribution in [1.29, 1.82) is 0 Å². The molecule has 1 unspecified atom stereocenters. The average molecular weight is 479 g/mol. The number of rotatable bonds is 7. The summed E-state index contributed by atoms with van der Waals surface area (Å²) in [5.41, 5.74) is 2.08. The summed E-state index contributed by atoms with van der Waals surface area (Å²) < 4.78 is 18.8. The van der Waals surface area contributed by atoms with Gasteiger partial charge in [0.1, 0.15) is 6.04 Å². The lowest BCUT2D eigenvalue weighted by atomic mass is 9.94. The van der Waals surface area contributed by atoms with E-state index in [9.17, 15) is 9.59 Å². The highest BCUT2D eigenvalue weighted by Crippen LogP contribution is 2.40. The van der Waals surface area contributed by atoms with Gasteiger partial charge in [0.25, 0.3) is 5.56 Å². The topological polar surface area (TPSA) is 79.1 Å². The predicted octanol–water partition coefficient (Wildman–Crippen LogP) is 3.21.